The van der Waals surface area contributed by atoms with Crippen molar-refractivity contribution in [3.63, 3.8) is 0 Å². The molecule has 2 N–H and O–H groups in total. The zero-order valence-corrected chi connectivity index (χ0v) is 13.6. The molecule has 0 aliphatic heterocycles. The Morgan fingerprint density at radius 2 is 2.00 bits per heavy atom. The summed E-state index contributed by atoms with van der Waals surface area (Å²) in [6.07, 6.45) is 6.61. The Kier molecular flexibility index (Phi) is 5.76. The molecular formula is C15H22N2O4S. The number of aromatic carboxylic acids is 1. The second-order valence-electron chi connectivity index (χ2n) is 5.69. The first-order valence-corrected chi connectivity index (χ1v) is 8.59. The van der Waals surface area contributed by atoms with Crippen molar-refractivity contribution in [2.24, 2.45) is 0 Å². The molecule has 0 atom stereocenters. The van der Waals surface area contributed by atoms with Crippen LogP contribution in [0.15, 0.2) is 4.79 Å². The molecule has 1 aromatic rings. The van der Waals surface area contributed by atoms with E-state index in [-0.39, 0.29) is 28.2 Å². The molecule has 0 spiro atoms. The molecule has 1 aliphatic carbocycles. The third-order valence-corrected chi connectivity index (χ3v) is 4.96. The van der Waals surface area contributed by atoms with E-state index in [1.54, 1.807) is 0 Å². The quantitative estimate of drug-likeness (QED) is 0.837. The first-order valence-electron chi connectivity index (χ1n) is 7.78. The predicted molar refractivity (Wildman–Crippen MR) is 84.5 cm³/mol. The van der Waals surface area contributed by atoms with E-state index in [1.165, 1.54) is 11.0 Å². The Morgan fingerprint density at radius 3 is 2.59 bits per heavy atom. The molecule has 122 valence electrons. The number of aromatic nitrogens is 1. The number of thiazole rings is 1. The predicted octanol–water partition coefficient (Wildman–Crippen LogP) is 2.01. The molecule has 6 nitrogen and oxygen atoms in total. The fraction of sp³-hybridized carbons (Fsp3) is 0.667. The molecule has 0 radical (unpaired) electrons. The average Bonchev–Trinajstić information content (AvgIpc) is 2.78. The zero-order chi connectivity index (χ0) is 16.1. The van der Waals surface area contributed by atoms with E-state index in [0.29, 0.717) is 23.5 Å². The maximum absolute atomic E-state index is 12.2. The van der Waals surface area contributed by atoms with Crippen LogP contribution in [0.25, 0.3) is 0 Å². The van der Waals surface area contributed by atoms with Gasteiger partial charge in [0, 0.05) is 11.7 Å². The monoisotopic (exact) mass is 326 g/mol. The number of carbonyl (C=O) groups is 2. The number of hydrogen-bond acceptors (Lipinski definition) is 4. The minimum absolute atomic E-state index is 0.0531. The number of hydrogen-bond donors (Lipinski definition) is 2. The SMILES string of the molecule is CCCc1c(C(=O)O)sc(=O)n1CC(=O)NC1CCCCC1. The number of carboxylic acid groups (broad SMARTS) is 1. The van der Waals surface area contributed by atoms with E-state index >= 15 is 0 Å². The Labute approximate surface area is 133 Å². The van der Waals surface area contributed by atoms with E-state index in [9.17, 15) is 19.5 Å². The van der Waals surface area contributed by atoms with Crippen molar-refractivity contribution in [3.05, 3.63) is 20.2 Å². The fourth-order valence-corrected chi connectivity index (χ4v) is 3.79. The number of nitrogens with one attached hydrogen (secondary N) is 1. The number of carboxylic acids is 1. The Morgan fingerprint density at radius 1 is 1.32 bits per heavy atom. The van der Waals surface area contributed by atoms with Gasteiger partial charge in [-0.3, -0.25) is 14.2 Å². The first kappa shape index (κ1) is 16.7. The van der Waals surface area contributed by atoms with Crippen LogP contribution in [0.5, 0.6) is 0 Å². The minimum atomic E-state index is -1.10. The smallest absolute Gasteiger partial charge is 0.347 e. The molecule has 0 bridgehead atoms. The maximum atomic E-state index is 12.2. The largest absolute Gasteiger partial charge is 0.477 e. The molecule has 1 aromatic heterocycles. The van der Waals surface area contributed by atoms with Crippen LogP contribution in [0.4, 0.5) is 0 Å². The summed E-state index contributed by atoms with van der Waals surface area (Å²) in [6, 6.07) is 0.184. The summed E-state index contributed by atoms with van der Waals surface area (Å²) in [7, 11) is 0. The summed E-state index contributed by atoms with van der Waals surface area (Å²) in [6.45, 7) is 1.83. The third kappa shape index (κ3) is 3.97. The van der Waals surface area contributed by atoms with Gasteiger partial charge in [0.2, 0.25) is 5.91 Å². The summed E-state index contributed by atoms with van der Waals surface area (Å²) in [5.74, 6) is -1.31. The van der Waals surface area contributed by atoms with E-state index in [1.807, 2.05) is 6.92 Å². The molecule has 1 heterocycles. The van der Waals surface area contributed by atoms with Gasteiger partial charge in [-0.25, -0.2) is 4.79 Å². The van der Waals surface area contributed by atoms with Gasteiger partial charge in [-0.1, -0.05) is 43.9 Å². The lowest BCUT2D eigenvalue weighted by Crippen LogP contribution is -2.39. The van der Waals surface area contributed by atoms with Gasteiger partial charge in [0.15, 0.2) is 0 Å². The topological polar surface area (TPSA) is 88.4 Å². The van der Waals surface area contributed by atoms with E-state index in [2.05, 4.69) is 5.32 Å². The highest BCUT2D eigenvalue weighted by Gasteiger charge is 2.22. The summed E-state index contributed by atoms with van der Waals surface area (Å²) in [5, 5.41) is 12.1. The summed E-state index contributed by atoms with van der Waals surface area (Å²) < 4.78 is 1.32. The van der Waals surface area contributed by atoms with Crippen LogP contribution in [0, 0.1) is 0 Å². The molecular weight excluding hydrogens is 304 g/mol. The Bertz CT molecular complexity index is 599. The van der Waals surface area contributed by atoms with Gasteiger partial charge < -0.3 is 10.4 Å². The standard InChI is InChI=1S/C15H22N2O4S/c1-2-6-11-13(14(19)20)22-15(21)17(11)9-12(18)16-10-7-4-3-5-8-10/h10H,2-9H2,1H3,(H,16,18)(H,19,20). The highest BCUT2D eigenvalue weighted by Crippen LogP contribution is 2.18. The van der Waals surface area contributed by atoms with Crippen molar-refractivity contribution in [2.45, 2.75) is 64.5 Å². The average molecular weight is 326 g/mol. The van der Waals surface area contributed by atoms with Gasteiger partial charge in [-0.15, -0.1) is 0 Å². The molecule has 7 heteroatoms. The van der Waals surface area contributed by atoms with E-state index < -0.39 is 5.97 Å². The zero-order valence-electron chi connectivity index (χ0n) is 12.8. The van der Waals surface area contributed by atoms with Crippen LogP contribution in [0.2, 0.25) is 0 Å². The van der Waals surface area contributed by atoms with Crippen LogP contribution in [-0.4, -0.2) is 27.6 Å². The molecule has 1 amide bonds. The molecule has 0 saturated heterocycles. The lowest BCUT2D eigenvalue weighted by Gasteiger charge is -2.23. The fourth-order valence-electron chi connectivity index (χ4n) is 2.91. The number of carbonyl (C=O) groups excluding carboxylic acids is 1. The van der Waals surface area contributed by atoms with Crippen LogP contribution in [0.1, 0.15) is 60.8 Å². The molecule has 1 saturated carbocycles. The van der Waals surface area contributed by atoms with Crippen molar-refractivity contribution >= 4 is 23.2 Å². The Hall–Kier alpha value is -1.63. The highest BCUT2D eigenvalue weighted by molar-refractivity contribution is 7.11. The lowest BCUT2D eigenvalue weighted by molar-refractivity contribution is -0.122. The van der Waals surface area contributed by atoms with E-state index in [0.717, 1.165) is 32.1 Å². The lowest BCUT2D eigenvalue weighted by atomic mass is 9.95. The van der Waals surface area contributed by atoms with Crippen molar-refractivity contribution in [1.82, 2.24) is 9.88 Å². The van der Waals surface area contributed by atoms with Crippen LogP contribution < -0.4 is 10.2 Å². The van der Waals surface area contributed by atoms with Crippen molar-refractivity contribution in [2.75, 3.05) is 0 Å². The second-order valence-corrected chi connectivity index (χ2v) is 6.65. The summed E-state index contributed by atoms with van der Waals surface area (Å²) >= 11 is 0.705. The summed E-state index contributed by atoms with van der Waals surface area (Å²) in [4.78, 5) is 35.1. The summed E-state index contributed by atoms with van der Waals surface area (Å²) in [5.41, 5.74) is 0.462. The highest BCUT2D eigenvalue weighted by atomic mass is 32.1. The Balaban J connectivity index is 2.12. The molecule has 0 unspecified atom stereocenters. The van der Waals surface area contributed by atoms with Gasteiger partial charge in [0.05, 0.1) is 0 Å². The van der Waals surface area contributed by atoms with Crippen LogP contribution in [0.3, 0.4) is 0 Å². The van der Waals surface area contributed by atoms with Crippen molar-refractivity contribution in [3.8, 4) is 0 Å². The van der Waals surface area contributed by atoms with Gasteiger partial charge >= 0.3 is 10.8 Å². The minimum Gasteiger partial charge on any atom is -0.477 e. The van der Waals surface area contributed by atoms with Gasteiger partial charge in [0.1, 0.15) is 11.4 Å². The molecule has 1 aliphatic rings. The first-order chi connectivity index (χ1) is 10.5. The number of nitrogens with zero attached hydrogens (tertiary/aromatic N) is 1. The molecule has 2 rings (SSSR count). The van der Waals surface area contributed by atoms with Gasteiger partial charge in [-0.05, 0) is 19.3 Å². The van der Waals surface area contributed by atoms with Gasteiger partial charge in [-0.2, -0.15) is 0 Å². The second kappa shape index (κ2) is 7.58. The molecule has 22 heavy (non-hydrogen) atoms. The molecule has 0 aromatic carbocycles. The van der Waals surface area contributed by atoms with Crippen molar-refractivity contribution in [1.29, 1.82) is 0 Å². The van der Waals surface area contributed by atoms with Gasteiger partial charge in [0.25, 0.3) is 0 Å². The van der Waals surface area contributed by atoms with Crippen LogP contribution in [-0.2, 0) is 17.8 Å². The van der Waals surface area contributed by atoms with Crippen molar-refractivity contribution < 1.29 is 14.7 Å². The number of amides is 1. The third-order valence-electron chi connectivity index (χ3n) is 3.95. The molecule has 1 fully saturated rings. The number of rotatable bonds is 6. The normalized spacial score (nSPS) is 15.7. The van der Waals surface area contributed by atoms with E-state index in [4.69, 9.17) is 0 Å². The van der Waals surface area contributed by atoms with Crippen LogP contribution >= 0.6 is 11.3 Å². The maximum Gasteiger partial charge on any atom is 0.347 e.